The zero-order valence-corrected chi connectivity index (χ0v) is 26.4. The number of hydrogen-bond acceptors (Lipinski definition) is 12. The number of aromatic nitrogens is 2. The van der Waals surface area contributed by atoms with Crippen molar-refractivity contribution in [1.82, 2.24) is 20.0 Å². The van der Waals surface area contributed by atoms with E-state index >= 15 is 0 Å². The quantitative estimate of drug-likeness (QED) is 0.140. The average molecular weight is 642 g/mol. The van der Waals surface area contributed by atoms with Crippen molar-refractivity contribution in [1.29, 1.82) is 0 Å². The van der Waals surface area contributed by atoms with Gasteiger partial charge >= 0.3 is 11.9 Å². The van der Waals surface area contributed by atoms with E-state index in [-0.39, 0.29) is 13.2 Å². The number of carbonyl (C=O) groups excluding carboxylic acids is 2. The molecule has 0 aliphatic carbocycles. The van der Waals surface area contributed by atoms with Gasteiger partial charge in [-0.05, 0) is 62.6 Å². The summed E-state index contributed by atoms with van der Waals surface area (Å²) in [6, 6.07) is 14.6. The highest BCUT2D eigenvalue weighted by Crippen LogP contribution is 2.17. The fourth-order valence-corrected chi connectivity index (χ4v) is 4.76. The van der Waals surface area contributed by atoms with E-state index in [1.54, 1.807) is 75.5 Å². The predicted molar refractivity (Wildman–Crippen MR) is 167 cm³/mol. The summed E-state index contributed by atoms with van der Waals surface area (Å²) in [5.74, 6) is -3.01. The summed E-state index contributed by atoms with van der Waals surface area (Å²) in [4.78, 5) is 33.9. The average Bonchev–Trinajstić information content (AvgIpc) is 2.97. The van der Waals surface area contributed by atoms with E-state index in [0.29, 0.717) is 28.2 Å². The fourth-order valence-electron chi connectivity index (χ4n) is 3.91. The molecule has 0 radical (unpaired) electrons. The molecule has 0 saturated heterocycles. The zero-order chi connectivity index (χ0) is 33.0. The molecule has 0 saturated carbocycles. The minimum absolute atomic E-state index is 0.0713. The third kappa shape index (κ3) is 12.4. The second kappa shape index (κ2) is 16.2. The Kier molecular flexibility index (Phi) is 12.7. The lowest BCUT2D eigenvalue weighted by molar-refractivity contribution is -0.193. The van der Waals surface area contributed by atoms with Gasteiger partial charge in [0.25, 0.3) is 0 Å². The molecule has 3 aromatic rings. The van der Waals surface area contributed by atoms with E-state index in [2.05, 4.69) is 20.0 Å². The standard InChI is InChI=1S/C31H39N5O8S/c1-21-10-8-15-34-28(21)24(32)16-23-13-9-14-33-25(23)17-35-45(40,41)20-27(37)42-19-26(36-30(39)44-31(2,3)4)29(38)43-18-22-11-6-5-7-12-22/h5-16,26,30,35-36,39H,17-20,32H2,1-4H3/b24-16-. The van der Waals surface area contributed by atoms with Gasteiger partial charge < -0.3 is 25.1 Å². The predicted octanol–water partition coefficient (Wildman–Crippen LogP) is 2.00. The summed E-state index contributed by atoms with van der Waals surface area (Å²) >= 11 is 0. The van der Waals surface area contributed by atoms with Crippen LogP contribution in [0.1, 0.15) is 48.8 Å². The number of aliphatic hydroxyl groups excluding tert-OH is 1. The van der Waals surface area contributed by atoms with Crippen LogP contribution >= 0.6 is 0 Å². The monoisotopic (exact) mass is 641 g/mol. The number of nitrogens with two attached hydrogens (primary N) is 1. The lowest BCUT2D eigenvalue weighted by Gasteiger charge is -2.27. The molecule has 0 bridgehead atoms. The number of benzene rings is 1. The Bertz CT molecular complexity index is 1580. The molecule has 3 rings (SSSR count). The first-order chi connectivity index (χ1) is 21.2. The normalized spacial score (nSPS) is 13.6. The maximum absolute atomic E-state index is 12.8. The molecule has 14 heteroatoms. The van der Waals surface area contributed by atoms with Crippen LogP contribution in [0, 0.1) is 6.92 Å². The summed E-state index contributed by atoms with van der Waals surface area (Å²) in [5.41, 5.74) is 8.94. The third-order valence-electron chi connectivity index (χ3n) is 6.02. The highest BCUT2D eigenvalue weighted by molar-refractivity contribution is 7.90. The number of ether oxygens (including phenoxy) is 3. The van der Waals surface area contributed by atoms with Gasteiger partial charge in [-0.25, -0.2) is 13.1 Å². The van der Waals surface area contributed by atoms with Crippen molar-refractivity contribution >= 4 is 33.7 Å². The van der Waals surface area contributed by atoms with Gasteiger partial charge in [0.2, 0.25) is 16.4 Å². The highest BCUT2D eigenvalue weighted by atomic mass is 32.2. The van der Waals surface area contributed by atoms with E-state index in [1.807, 2.05) is 19.1 Å². The van der Waals surface area contributed by atoms with Crippen molar-refractivity contribution in [2.45, 2.75) is 58.9 Å². The van der Waals surface area contributed by atoms with Crippen molar-refractivity contribution in [3.8, 4) is 0 Å². The second-order valence-electron chi connectivity index (χ2n) is 11.0. The van der Waals surface area contributed by atoms with Crippen LogP contribution in [0.4, 0.5) is 0 Å². The van der Waals surface area contributed by atoms with Crippen molar-refractivity contribution in [2.75, 3.05) is 12.4 Å². The third-order valence-corrected chi connectivity index (χ3v) is 7.22. The second-order valence-corrected chi connectivity index (χ2v) is 12.8. The first-order valence-corrected chi connectivity index (χ1v) is 15.7. The van der Waals surface area contributed by atoms with Crippen molar-refractivity contribution < 1.29 is 37.3 Å². The van der Waals surface area contributed by atoms with Crippen LogP contribution in [-0.2, 0) is 47.0 Å². The number of carbonyl (C=O) groups is 2. The molecule has 45 heavy (non-hydrogen) atoms. The first-order valence-electron chi connectivity index (χ1n) is 14.0. The van der Waals surface area contributed by atoms with Gasteiger partial charge in [0.1, 0.15) is 19.3 Å². The smallest absolute Gasteiger partial charge is 0.327 e. The van der Waals surface area contributed by atoms with Gasteiger partial charge in [-0.15, -0.1) is 0 Å². The Morgan fingerprint density at radius 2 is 1.71 bits per heavy atom. The molecule has 0 amide bonds. The largest absolute Gasteiger partial charge is 0.463 e. The molecule has 13 nitrogen and oxygen atoms in total. The Morgan fingerprint density at radius 3 is 2.40 bits per heavy atom. The van der Waals surface area contributed by atoms with Crippen LogP contribution in [0.5, 0.6) is 0 Å². The number of rotatable bonds is 15. The highest BCUT2D eigenvalue weighted by Gasteiger charge is 2.28. The van der Waals surface area contributed by atoms with E-state index in [1.165, 1.54) is 6.20 Å². The number of nitrogens with one attached hydrogen (secondary N) is 2. The van der Waals surface area contributed by atoms with Crippen LogP contribution in [0.15, 0.2) is 67.0 Å². The lowest BCUT2D eigenvalue weighted by atomic mass is 10.1. The van der Waals surface area contributed by atoms with Crippen LogP contribution in [0.3, 0.4) is 0 Å². The van der Waals surface area contributed by atoms with E-state index in [9.17, 15) is 23.1 Å². The van der Waals surface area contributed by atoms with Crippen LogP contribution in [0.2, 0.25) is 0 Å². The summed E-state index contributed by atoms with van der Waals surface area (Å²) in [5, 5.41) is 12.8. The maximum atomic E-state index is 12.8. The molecule has 0 fully saturated rings. The first kappa shape index (κ1) is 35.3. The van der Waals surface area contributed by atoms with Gasteiger partial charge in [0, 0.05) is 12.4 Å². The Labute approximate surface area is 262 Å². The van der Waals surface area contributed by atoms with E-state index < -0.39 is 52.4 Å². The Balaban J connectivity index is 1.61. The van der Waals surface area contributed by atoms with Gasteiger partial charge in [0.05, 0.1) is 29.2 Å². The van der Waals surface area contributed by atoms with Gasteiger partial charge in [-0.1, -0.05) is 42.5 Å². The molecule has 2 atom stereocenters. The molecule has 242 valence electrons. The maximum Gasteiger partial charge on any atom is 0.327 e. The van der Waals surface area contributed by atoms with Crippen LogP contribution in [0.25, 0.3) is 11.8 Å². The van der Waals surface area contributed by atoms with Crippen molar-refractivity contribution in [2.24, 2.45) is 5.73 Å². The summed E-state index contributed by atoms with van der Waals surface area (Å²) in [6.07, 6.45) is 3.15. The van der Waals surface area contributed by atoms with E-state index in [0.717, 1.165) is 5.56 Å². The topological polar surface area (TPSA) is 192 Å². The molecule has 0 aliphatic heterocycles. The zero-order valence-electron chi connectivity index (χ0n) is 25.6. The number of aliphatic hydroxyl groups is 1. The molecule has 1 aromatic carbocycles. The number of aryl methyl sites for hydroxylation is 1. The number of hydrogen-bond donors (Lipinski definition) is 4. The molecule has 5 N–H and O–H groups in total. The van der Waals surface area contributed by atoms with E-state index in [4.69, 9.17) is 19.9 Å². The molecule has 2 unspecified atom stereocenters. The number of nitrogens with zero attached hydrogens (tertiary/aromatic N) is 2. The molecular formula is C31H39N5O8S. The summed E-state index contributed by atoms with van der Waals surface area (Å²) in [6.45, 7) is 6.01. The summed E-state index contributed by atoms with van der Waals surface area (Å²) in [7, 11) is -4.18. The fraction of sp³-hybridized carbons (Fsp3) is 0.355. The Morgan fingerprint density at radius 1 is 1.02 bits per heavy atom. The van der Waals surface area contributed by atoms with Gasteiger partial charge in [0.15, 0.2) is 5.75 Å². The van der Waals surface area contributed by atoms with Crippen LogP contribution in [-0.4, -0.2) is 65.8 Å². The number of esters is 2. The SMILES string of the molecule is Cc1cccnc1/C(N)=C/c1cccnc1CNS(=O)(=O)CC(=O)OCC(NC(O)OC(C)(C)C)C(=O)OCc1ccccc1. The Hall–Kier alpha value is -4.21. The lowest BCUT2D eigenvalue weighted by Crippen LogP contribution is -2.50. The van der Waals surface area contributed by atoms with Gasteiger partial charge in [-0.2, -0.15) is 0 Å². The van der Waals surface area contributed by atoms with Crippen molar-refractivity contribution in [3.05, 3.63) is 95.1 Å². The molecule has 2 aromatic heterocycles. The molecule has 0 aliphatic rings. The van der Waals surface area contributed by atoms with Crippen LogP contribution < -0.4 is 15.8 Å². The van der Waals surface area contributed by atoms with Gasteiger partial charge in [-0.3, -0.25) is 24.9 Å². The molecular weight excluding hydrogens is 602 g/mol. The number of sulfonamides is 1. The molecule has 0 spiro atoms. The van der Waals surface area contributed by atoms with Crippen molar-refractivity contribution in [3.63, 3.8) is 0 Å². The minimum Gasteiger partial charge on any atom is -0.463 e. The number of pyridine rings is 2. The summed E-state index contributed by atoms with van der Waals surface area (Å²) < 4.78 is 43.6. The minimum atomic E-state index is -4.18. The molecule has 2 heterocycles.